The smallest absolute Gasteiger partial charge is 0.410 e. The van der Waals surface area contributed by atoms with Crippen molar-refractivity contribution in [1.29, 1.82) is 0 Å². The van der Waals surface area contributed by atoms with E-state index in [1.807, 2.05) is 18.4 Å². The lowest BCUT2D eigenvalue weighted by Crippen LogP contribution is -2.49. The Labute approximate surface area is 166 Å². The number of rotatable bonds is 4. The molecule has 28 heavy (non-hydrogen) atoms. The Bertz CT molecular complexity index is 980. The number of ether oxygens (including phenoxy) is 1. The number of aromatic nitrogens is 3. The Morgan fingerprint density at radius 1 is 1.39 bits per heavy atom. The average molecular weight is 403 g/mol. The second kappa shape index (κ2) is 7.75. The number of pyridine rings is 1. The fourth-order valence-electron chi connectivity index (χ4n) is 3.32. The molecule has 1 amide bonds. The standard InChI is InChI=1S/C19H22FN5O2S/c1-12(10-20)27-19(26)25-7-5-24(6-8-25)17-3-4-21-18-14(17)9-15(23-18)16-11-28-13(2)22-16/h3-4,9,11-12H,5-8,10H2,1-2H3,(H,21,23)/t12-/m0/s1. The normalized spacial score (nSPS) is 15.8. The SMILES string of the molecule is Cc1nc(-c2cc3c(N4CCN(C(=O)O[C@@H](C)CF)CC4)ccnc3[nH]2)cs1. The Morgan fingerprint density at radius 3 is 2.86 bits per heavy atom. The van der Waals surface area contributed by atoms with E-state index < -0.39 is 18.9 Å². The zero-order chi connectivity index (χ0) is 19.7. The van der Waals surface area contributed by atoms with Crippen LogP contribution in [-0.2, 0) is 4.74 Å². The van der Waals surface area contributed by atoms with Gasteiger partial charge in [0.25, 0.3) is 0 Å². The molecule has 9 heteroatoms. The maximum Gasteiger partial charge on any atom is 0.410 e. The highest BCUT2D eigenvalue weighted by atomic mass is 32.1. The van der Waals surface area contributed by atoms with Gasteiger partial charge in [0.15, 0.2) is 0 Å². The van der Waals surface area contributed by atoms with Crippen molar-refractivity contribution in [3.8, 4) is 11.4 Å². The van der Waals surface area contributed by atoms with Gasteiger partial charge in [-0.05, 0) is 26.0 Å². The summed E-state index contributed by atoms with van der Waals surface area (Å²) in [5.74, 6) is 0. The van der Waals surface area contributed by atoms with E-state index >= 15 is 0 Å². The summed E-state index contributed by atoms with van der Waals surface area (Å²) in [7, 11) is 0. The molecule has 0 bridgehead atoms. The Kier molecular flexibility index (Phi) is 5.17. The van der Waals surface area contributed by atoms with Crippen LogP contribution < -0.4 is 4.90 Å². The van der Waals surface area contributed by atoms with E-state index in [0.717, 1.165) is 33.1 Å². The first-order valence-corrected chi connectivity index (χ1v) is 10.1. The average Bonchev–Trinajstić information content (AvgIpc) is 3.33. The maximum absolute atomic E-state index is 12.6. The minimum absolute atomic E-state index is 0.451. The second-order valence-corrected chi connectivity index (χ2v) is 7.91. The number of hydrogen-bond acceptors (Lipinski definition) is 6. The van der Waals surface area contributed by atoms with Crippen LogP contribution in [0.25, 0.3) is 22.4 Å². The summed E-state index contributed by atoms with van der Waals surface area (Å²) in [5.41, 5.74) is 3.75. The number of nitrogens with one attached hydrogen (secondary N) is 1. The molecule has 4 rings (SSSR count). The molecule has 1 atom stereocenters. The molecule has 1 saturated heterocycles. The third-order valence-corrected chi connectivity index (χ3v) is 5.58. The van der Waals surface area contributed by atoms with E-state index in [1.165, 1.54) is 0 Å². The summed E-state index contributed by atoms with van der Waals surface area (Å²) in [6, 6.07) is 4.07. The molecule has 0 saturated carbocycles. The predicted octanol–water partition coefficient (Wildman–Crippen LogP) is 3.61. The lowest BCUT2D eigenvalue weighted by Gasteiger charge is -2.36. The van der Waals surface area contributed by atoms with Crippen LogP contribution in [0.2, 0.25) is 0 Å². The summed E-state index contributed by atoms with van der Waals surface area (Å²) in [4.78, 5) is 28.3. The van der Waals surface area contributed by atoms with Crippen molar-refractivity contribution in [2.75, 3.05) is 37.8 Å². The summed E-state index contributed by atoms with van der Waals surface area (Å²) in [5, 5.41) is 4.08. The third-order valence-electron chi connectivity index (χ3n) is 4.80. The van der Waals surface area contributed by atoms with Crippen molar-refractivity contribution in [2.24, 2.45) is 0 Å². The molecule has 1 fully saturated rings. The Hall–Kier alpha value is -2.68. The molecule has 0 aromatic carbocycles. The lowest BCUT2D eigenvalue weighted by atomic mass is 10.2. The van der Waals surface area contributed by atoms with Crippen LogP contribution in [0.3, 0.4) is 0 Å². The van der Waals surface area contributed by atoms with Gasteiger partial charge in [0, 0.05) is 48.8 Å². The van der Waals surface area contributed by atoms with E-state index in [9.17, 15) is 9.18 Å². The first-order valence-electron chi connectivity index (χ1n) is 9.22. The molecule has 1 N–H and O–H groups in total. The fourth-order valence-corrected chi connectivity index (χ4v) is 3.93. The van der Waals surface area contributed by atoms with E-state index in [-0.39, 0.29) is 0 Å². The number of carbonyl (C=O) groups is 1. The van der Waals surface area contributed by atoms with Crippen LogP contribution in [0, 0.1) is 6.92 Å². The van der Waals surface area contributed by atoms with Crippen LogP contribution in [0.5, 0.6) is 0 Å². The molecule has 3 aromatic heterocycles. The third kappa shape index (κ3) is 3.66. The van der Waals surface area contributed by atoms with Gasteiger partial charge in [0.05, 0.1) is 16.4 Å². The minimum atomic E-state index is -0.710. The van der Waals surface area contributed by atoms with Gasteiger partial charge in [-0.15, -0.1) is 11.3 Å². The van der Waals surface area contributed by atoms with Gasteiger partial charge in [0.2, 0.25) is 0 Å². The van der Waals surface area contributed by atoms with Crippen molar-refractivity contribution in [3.05, 3.63) is 28.7 Å². The first-order chi connectivity index (χ1) is 13.5. The number of amides is 1. The zero-order valence-electron chi connectivity index (χ0n) is 15.8. The number of hydrogen-bond donors (Lipinski definition) is 1. The molecule has 3 aromatic rings. The molecular formula is C19H22FN5O2S. The summed E-state index contributed by atoms with van der Waals surface area (Å²) < 4.78 is 17.6. The highest BCUT2D eigenvalue weighted by molar-refractivity contribution is 7.09. The highest BCUT2D eigenvalue weighted by Gasteiger charge is 2.25. The monoisotopic (exact) mass is 403 g/mol. The van der Waals surface area contributed by atoms with Crippen LogP contribution >= 0.6 is 11.3 Å². The number of alkyl halides is 1. The number of aryl methyl sites for hydroxylation is 1. The van der Waals surface area contributed by atoms with Crippen molar-refractivity contribution >= 4 is 34.2 Å². The Balaban J connectivity index is 1.51. The van der Waals surface area contributed by atoms with E-state index in [2.05, 4.69) is 25.9 Å². The summed E-state index contributed by atoms with van der Waals surface area (Å²) >= 11 is 1.62. The molecule has 0 spiro atoms. The first kappa shape index (κ1) is 18.7. The van der Waals surface area contributed by atoms with Gasteiger partial charge < -0.3 is 19.5 Å². The quantitative estimate of drug-likeness (QED) is 0.720. The van der Waals surface area contributed by atoms with Crippen molar-refractivity contribution in [2.45, 2.75) is 20.0 Å². The number of fused-ring (bicyclic) bond motifs is 1. The second-order valence-electron chi connectivity index (χ2n) is 6.85. The predicted molar refractivity (Wildman–Crippen MR) is 108 cm³/mol. The lowest BCUT2D eigenvalue weighted by molar-refractivity contribution is 0.0577. The van der Waals surface area contributed by atoms with Crippen LogP contribution in [0.1, 0.15) is 11.9 Å². The van der Waals surface area contributed by atoms with Crippen molar-refractivity contribution < 1.29 is 13.9 Å². The number of piperazine rings is 1. The number of aromatic amines is 1. The number of halogens is 1. The van der Waals surface area contributed by atoms with Gasteiger partial charge in [-0.25, -0.2) is 19.2 Å². The van der Waals surface area contributed by atoms with Crippen LogP contribution in [0.15, 0.2) is 23.7 Å². The van der Waals surface area contributed by atoms with E-state index in [4.69, 9.17) is 4.74 Å². The summed E-state index contributed by atoms with van der Waals surface area (Å²) in [6.45, 7) is 5.28. The van der Waals surface area contributed by atoms with Gasteiger partial charge in [-0.1, -0.05) is 0 Å². The van der Waals surface area contributed by atoms with Crippen LogP contribution in [0.4, 0.5) is 14.9 Å². The largest absolute Gasteiger partial charge is 0.444 e. The van der Waals surface area contributed by atoms with E-state index in [0.29, 0.717) is 26.2 Å². The number of nitrogens with zero attached hydrogens (tertiary/aromatic N) is 4. The fraction of sp³-hybridized carbons (Fsp3) is 0.421. The topological polar surface area (TPSA) is 74.3 Å². The number of thiazole rings is 1. The minimum Gasteiger partial charge on any atom is -0.444 e. The van der Waals surface area contributed by atoms with Gasteiger partial charge >= 0.3 is 6.09 Å². The molecular weight excluding hydrogens is 381 g/mol. The zero-order valence-corrected chi connectivity index (χ0v) is 16.6. The van der Waals surface area contributed by atoms with Gasteiger partial charge in [0.1, 0.15) is 18.4 Å². The van der Waals surface area contributed by atoms with Gasteiger partial charge in [-0.2, -0.15) is 0 Å². The van der Waals surface area contributed by atoms with Crippen molar-refractivity contribution in [1.82, 2.24) is 19.9 Å². The summed E-state index contributed by atoms with van der Waals surface area (Å²) in [6.07, 6.45) is 0.624. The molecule has 7 nitrogen and oxygen atoms in total. The van der Waals surface area contributed by atoms with Crippen molar-refractivity contribution in [3.63, 3.8) is 0 Å². The van der Waals surface area contributed by atoms with Gasteiger partial charge in [-0.3, -0.25) is 0 Å². The number of H-pyrrole nitrogens is 1. The molecule has 1 aliphatic rings. The molecule has 0 aliphatic carbocycles. The molecule has 148 valence electrons. The van der Waals surface area contributed by atoms with Crippen LogP contribution in [-0.4, -0.2) is 64.9 Å². The van der Waals surface area contributed by atoms with E-state index in [1.54, 1.807) is 29.4 Å². The molecule has 0 radical (unpaired) electrons. The Morgan fingerprint density at radius 2 is 2.18 bits per heavy atom. The molecule has 0 unspecified atom stereocenters. The molecule has 4 heterocycles. The number of anilines is 1. The number of carbonyl (C=O) groups excluding carboxylic acids is 1. The maximum atomic E-state index is 12.6. The molecule has 1 aliphatic heterocycles. The highest BCUT2D eigenvalue weighted by Crippen LogP contribution is 2.31.